The molecule has 1 aliphatic heterocycles. The highest BCUT2D eigenvalue weighted by molar-refractivity contribution is 5.93. The highest BCUT2D eigenvalue weighted by Crippen LogP contribution is 2.33. The molecule has 188 valence electrons. The van der Waals surface area contributed by atoms with Crippen molar-refractivity contribution in [2.24, 2.45) is 0 Å². The van der Waals surface area contributed by atoms with Crippen molar-refractivity contribution in [3.05, 3.63) is 90.1 Å². The maximum Gasteiger partial charge on any atom is 0.433 e. The third kappa shape index (κ3) is 4.55. The number of carbonyl (C=O) groups excluding carboxylic acids is 1. The number of benzene rings is 2. The van der Waals surface area contributed by atoms with E-state index in [-0.39, 0.29) is 17.0 Å². The minimum Gasteiger partial charge on any atom is -0.468 e. The Morgan fingerprint density at radius 1 is 0.919 bits per heavy atom. The number of aromatic nitrogens is 3. The number of hydrogen-bond acceptors (Lipinski definition) is 5. The molecule has 1 amide bonds. The maximum atomic E-state index is 14.0. The van der Waals surface area contributed by atoms with Crippen LogP contribution in [0.5, 0.6) is 0 Å². The molecule has 2 aromatic carbocycles. The summed E-state index contributed by atoms with van der Waals surface area (Å²) in [4.78, 5) is 21.4. The van der Waals surface area contributed by atoms with Crippen LogP contribution in [0.3, 0.4) is 0 Å². The Hall–Kier alpha value is -4.18. The van der Waals surface area contributed by atoms with Gasteiger partial charge in [0.25, 0.3) is 5.91 Å². The average molecular weight is 506 g/mol. The molecule has 1 saturated heterocycles. The summed E-state index contributed by atoms with van der Waals surface area (Å²) in [7, 11) is 0. The molecule has 37 heavy (non-hydrogen) atoms. The van der Waals surface area contributed by atoms with E-state index in [9.17, 15) is 18.0 Å². The number of amides is 1. The van der Waals surface area contributed by atoms with Crippen LogP contribution in [0, 0.1) is 0 Å². The molecule has 0 unspecified atom stereocenters. The molecule has 0 bridgehead atoms. The topological polar surface area (TPSA) is 66.9 Å². The Morgan fingerprint density at radius 2 is 1.70 bits per heavy atom. The maximum absolute atomic E-state index is 14.0. The molecule has 0 saturated carbocycles. The lowest BCUT2D eigenvalue weighted by Crippen LogP contribution is -2.48. The van der Waals surface area contributed by atoms with Gasteiger partial charge in [-0.2, -0.15) is 18.3 Å². The van der Waals surface area contributed by atoms with Crippen molar-refractivity contribution in [3.63, 3.8) is 0 Å². The van der Waals surface area contributed by atoms with Gasteiger partial charge in [0.05, 0.1) is 18.5 Å². The summed E-state index contributed by atoms with van der Waals surface area (Å²) in [5.41, 5.74) is -0.363. The monoisotopic (exact) mass is 505 g/mol. The highest BCUT2D eigenvalue weighted by atomic mass is 19.4. The van der Waals surface area contributed by atoms with E-state index >= 15 is 0 Å². The van der Waals surface area contributed by atoms with Crippen molar-refractivity contribution < 1.29 is 22.4 Å². The summed E-state index contributed by atoms with van der Waals surface area (Å²) in [6, 6.07) is 19.0. The fourth-order valence-electron chi connectivity index (χ4n) is 4.67. The Bertz CT molecular complexity index is 1590. The third-order valence-electron chi connectivity index (χ3n) is 6.60. The molecule has 0 aliphatic carbocycles. The van der Waals surface area contributed by atoms with E-state index in [0.29, 0.717) is 42.8 Å². The number of alkyl halides is 3. The Balaban J connectivity index is 1.29. The number of halogens is 3. The fraction of sp³-hybridized carbons (Fsp3) is 0.222. The van der Waals surface area contributed by atoms with Gasteiger partial charge in [-0.1, -0.05) is 36.4 Å². The number of furan rings is 1. The molecule has 7 nitrogen and oxygen atoms in total. The second kappa shape index (κ2) is 9.04. The van der Waals surface area contributed by atoms with Crippen LogP contribution < -0.4 is 0 Å². The first-order chi connectivity index (χ1) is 17.8. The molecule has 0 atom stereocenters. The first-order valence-corrected chi connectivity index (χ1v) is 11.9. The zero-order valence-electron chi connectivity index (χ0n) is 19.7. The van der Waals surface area contributed by atoms with Gasteiger partial charge in [-0.3, -0.25) is 9.69 Å². The fourth-order valence-corrected chi connectivity index (χ4v) is 4.67. The van der Waals surface area contributed by atoms with Crippen molar-refractivity contribution in [3.8, 4) is 11.3 Å². The van der Waals surface area contributed by atoms with Gasteiger partial charge in [0.1, 0.15) is 5.76 Å². The number of carbonyl (C=O) groups is 1. The van der Waals surface area contributed by atoms with Crippen LogP contribution in [0.15, 0.2) is 77.4 Å². The quantitative estimate of drug-likeness (QED) is 0.339. The molecule has 1 fully saturated rings. The molecule has 1 aliphatic rings. The minimum atomic E-state index is -4.68. The van der Waals surface area contributed by atoms with Crippen molar-refractivity contribution in [2.45, 2.75) is 12.7 Å². The van der Waals surface area contributed by atoms with E-state index in [4.69, 9.17) is 4.42 Å². The molecule has 10 heteroatoms. The highest BCUT2D eigenvalue weighted by Gasteiger charge is 2.36. The van der Waals surface area contributed by atoms with E-state index in [1.807, 2.05) is 42.5 Å². The molecule has 5 aromatic rings. The first-order valence-electron chi connectivity index (χ1n) is 11.9. The van der Waals surface area contributed by atoms with Crippen molar-refractivity contribution >= 4 is 22.3 Å². The van der Waals surface area contributed by atoms with E-state index in [1.54, 1.807) is 23.3 Å². The van der Waals surface area contributed by atoms with Crippen LogP contribution >= 0.6 is 0 Å². The Labute approximate surface area is 209 Å². The summed E-state index contributed by atoms with van der Waals surface area (Å²) >= 11 is 0. The third-order valence-corrected chi connectivity index (χ3v) is 6.60. The van der Waals surface area contributed by atoms with Gasteiger partial charge < -0.3 is 9.32 Å². The van der Waals surface area contributed by atoms with Gasteiger partial charge in [-0.25, -0.2) is 9.50 Å². The van der Waals surface area contributed by atoms with E-state index in [1.165, 1.54) is 6.07 Å². The molecule has 0 spiro atoms. The number of hydrogen-bond donors (Lipinski definition) is 0. The van der Waals surface area contributed by atoms with Gasteiger partial charge in [-0.15, -0.1) is 0 Å². The first kappa shape index (κ1) is 23.2. The lowest BCUT2D eigenvalue weighted by Gasteiger charge is -2.33. The standard InChI is InChI=1S/C27H22F3N5O2/c28-27(29,30)24-15-22(20-8-7-18-4-1-2-5-19(18)14-20)31-25-16-23(32-35(24)25)26(36)34-11-9-33(10-12-34)17-21-6-3-13-37-21/h1-8,13-16H,9-12,17H2. The van der Waals surface area contributed by atoms with E-state index in [0.717, 1.165) is 22.6 Å². The van der Waals surface area contributed by atoms with Crippen molar-refractivity contribution in [1.29, 1.82) is 0 Å². The Kier molecular flexibility index (Phi) is 5.68. The van der Waals surface area contributed by atoms with Gasteiger partial charge >= 0.3 is 6.18 Å². The van der Waals surface area contributed by atoms with Gasteiger partial charge in [0.15, 0.2) is 17.0 Å². The minimum absolute atomic E-state index is 0.0298. The van der Waals surface area contributed by atoms with E-state index in [2.05, 4.69) is 15.0 Å². The normalized spacial score (nSPS) is 15.1. The predicted octanol–water partition coefficient (Wildman–Crippen LogP) is 5.12. The number of piperazine rings is 1. The van der Waals surface area contributed by atoms with Crippen LogP contribution in [-0.4, -0.2) is 56.5 Å². The number of nitrogens with zero attached hydrogens (tertiary/aromatic N) is 5. The summed E-state index contributed by atoms with van der Waals surface area (Å²) in [5, 5.41) is 5.90. The van der Waals surface area contributed by atoms with Crippen LogP contribution in [0.2, 0.25) is 0 Å². The lowest BCUT2D eigenvalue weighted by atomic mass is 10.0. The average Bonchev–Trinajstić information content (AvgIpc) is 3.57. The molecule has 6 rings (SSSR count). The van der Waals surface area contributed by atoms with Gasteiger partial charge in [0.2, 0.25) is 0 Å². The zero-order chi connectivity index (χ0) is 25.6. The van der Waals surface area contributed by atoms with Gasteiger partial charge in [0, 0.05) is 37.8 Å². The molecule has 4 heterocycles. The predicted molar refractivity (Wildman–Crippen MR) is 131 cm³/mol. The van der Waals surface area contributed by atoms with Crippen LogP contribution in [-0.2, 0) is 12.7 Å². The van der Waals surface area contributed by atoms with Crippen LogP contribution in [0.25, 0.3) is 27.7 Å². The number of fused-ring (bicyclic) bond motifs is 2. The summed E-state index contributed by atoms with van der Waals surface area (Å²) in [5.74, 6) is 0.427. The summed E-state index contributed by atoms with van der Waals surface area (Å²) in [6.07, 6.45) is -3.07. The van der Waals surface area contributed by atoms with E-state index < -0.39 is 17.8 Å². The zero-order valence-corrected chi connectivity index (χ0v) is 19.7. The second-order valence-electron chi connectivity index (χ2n) is 9.03. The van der Waals surface area contributed by atoms with Crippen molar-refractivity contribution in [2.75, 3.05) is 26.2 Å². The molecule has 3 aromatic heterocycles. The lowest BCUT2D eigenvalue weighted by molar-refractivity contribution is -0.142. The molecule has 0 N–H and O–H groups in total. The van der Waals surface area contributed by atoms with Crippen molar-refractivity contribution in [1.82, 2.24) is 24.4 Å². The van der Waals surface area contributed by atoms with Gasteiger partial charge in [-0.05, 0) is 35.0 Å². The molecule has 0 radical (unpaired) electrons. The molecular formula is C27H22F3N5O2. The smallest absolute Gasteiger partial charge is 0.433 e. The summed E-state index contributed by atoms with van der Waals surface area (Å²) in [6.45, 7) is 2.76. The summed E-state index contributed by atoms with van der Waals surface area (Å²) < 4.78 is 48.2. The Morgan fingerprint density at radius 3 is 2.43 bits per heavy atom. The second-order valence-corrected chi connectivity index (χ2v) is 9.03. The van der Waals surface area contributed by atoms with Crippen LogP contribution in [0.4, 0.5) is 13.2 Å². The number of rotatable bonds is 4. The van der Waals surface area contributed by atoms with Crippen LogP contribution in [0.1, 0.15) is 21.9 Å². The molecular weight excluding hydrogens is 483 g/mol. The largest absolute Gasteiger partial charge is 0.468 e. The SMILES string of the molecule is O=C(c1cc2nc(-c3ccc4ccccc4c3)cc(C(F)(F)F)n2n1)N1CCN(Cc2ccco2)CC1.